The predicted octanol–water partition coefficient (Wildman–Crippen LogP) is 4.09. The van der Waals surface area contributed by atoms with Crippen LogP contribution >= 0.6 is 22.9 Å². The molecule has 1 saturated heterocycles. The summed E-state index contributed by atoms with van der Waals surface area (Å²) in [5.74, 6) is -0.139. The van der Waals surface area contributed by atoms with Crippen molar-refractivity contribution in [2.45, 2.75) is 31.8 Å². The molecule has 1 fully saturated rings. The average molecular weight is 404 g/mol. The fourth-order valence-electron chi connectivity index (χ4n) is 3.96. The van der Waals surface area contributed by atoms with E-state index in [2.05, 4.69) is 17.3 Å². The molecular formula is C20H22ClN3O2S. The van der Waals surface area contributed by atoms with Crippen LogP contribution in [0.4, 0.5) is 5.69 Å². The van der Waals surface area contributed by atoms with Crippen LogP contribution in [0.2, 0.25) is 4.34 Å². The van der Waals surface area contributed by atoms with Crippen molar-refractivity contribution in [3.63, 3.8) is 0 Å². The van der Waals surface area contributed by atoms with E-state index in [1.165, 1.54) is 24.2 Å². The number of nitrogens with zero attached hydrogens (tertiary/aromatic N) is 2. The smallest absolute Gasteiger partial charge is 0.265 e. The summed E-state index contributed by atoms with van der Waals surface area (Å²) in [5, 5.41) is 2.94. The van der Waals surface area contributed by atoms with Gasteiger partial charge < -0.3 is 15.1 Å². The molecule has 0 saturated carbocycles. The Hall–Kier alpha value is -1.89. The number of fused-ring (bicyclic) bond motifs is 1. The monoisotopic (exact) mass is 403 g/mol. The fraction of sp³-hybridized carbons (Fsp3) is 0.400. The SMILES string of the molecule is CN1CCCC1CCN1Cc2c(NC(=O)c3ccc(Cl)s3)cccc2C1=O. The van der Waals surface area contributed by atoms with E-state index >= 15 is 0 Å². The summed E-state index contributed by atoms with van der Waals surface area (Å²) in [5.41, 5.74) is 2.30. The normalized spacial score (nSPS) is 19.6. The van der Waals surface area contributed by atoms with E-state index in [1.54, 1.807) is 12.1 Å². The van der Waals surface area contributed by atoms with Gasteiger partial charge in [0.1, 0.15) is 0 Å². The molecule has 3 heterocycles. The van der Waals surface area contributed by atoms with Gasteiger partial charge in [-0.2, -0.15) is 0 Å². The van der Waals surface area contributed by atoms with Crippen molar-refractivity contribution >= 4 is 40.4 Å². The number of hydrogen-bond donors (Lipinski definition) is 1. The summed E-state index contributed by atoms with van der Waals surface area (Å²) in [6, 6.07) is 9.50. The van der Waals surface area contributed by atoms with Gasteiger partial charge in [-0.3, -0.25) is 9.59 Å². The van der Waals surface area contributed by atoms with Gasteiger partial charge in [-0.15, -0.1) is 11.3 Å². The van der Waals surface area contributed by atoms with Crippen LogP contribution in [0.25, 0.3) is 0 Å². The van der Waals surface area contributed by atoms with Gasteiger partial charge in [0.25, 0.3) is 11.8 Å². The third-order valence-electron chi connectivity index (χ3n) is 5.49. The van der Waals surface area contributed by atoms with Crippen LogP contribution in [0.15, 0.2) is 30.3 Å². The maximum atomic E-state index is 12.8. The largest absolute Gasteiger partial charge is 0.334 e. The molecule has 2 aliphatic rings. The maximum absolute atomic E-state index is 12.8. The van der Waals surface area contributed by atoms with Crippen LogP contribution in [0.5, 0.6) is 0 Å². The number of thiophene rings is 1. The molecule has 0 aliphatic carbocycles. The first-order valence-corrected chi connectivity index (χ1v) is 10.4. The minimum atomic E-state index is -0.196. The van der Waals surface area contributed by atoms with E-state index in [-0.39, 0.29) is 11.8 Å². The van der Waals surface area contributed by atoms with Gasteiger partial charge in [0.05, 0.1) is 9.21 Å². The number of carbonyl (C=O) groups is 2. The number of rotatable bonds is 5. The minimum absolute atomic E-state index is 0.0564. The van der Waals surface area contributed by atoms with Crippen molar-refractivity contribution in [2.75, 3.05) is 25.5 Å². The Labute approximate surface area is 167 Å². The Kier molecular flexibility index (Phi) is 5.21. The molecule has 2 amide bonds. The molecule has 0 bridgehead atoms. The molecule has 2 aromatic rings. The van der Waals surface area contributed by atoms with E-state index in [0.29, 0.717) is 33.1 Å². The lowest BCUT2D eigenvalue weighted by Crippen LogP contribution is -2.32. The second-order valence-electron chi connectivity index (χ2n) is 7.18. The number of amides is 2. The standard InChI is InChI=1S/C20H22ClN3O2S/c1-23-10-3-4-13(23)9-11-24-12-15-14(20(24)26)5-2-6-16(15)22-19(25)17-7-8-18(21)27-17/h2,5-8,13H,3-4,9-12H2,1H3,(H,22,25). The van der Waals surface area contributed by atoms with Crippen LogP contribution in [0, 0.1) is 0 Å². The lowest BCUT2D eigenvalue weighted by Gasteiger charge is -2.23. The van der Waals surface area contributed by atoms with Gasteiger partial charge >= 0.3 is 0 Å². The summed E-state index contributed by atoms with van der Waals surface area (Å²) >= 11 is 7.17. The number of anilines is 1. The van der Waals surface area contributed by atoms with Crippen molar-refractivity contribution in [1.29, 1.82) is 0 Å². The molecule has 142 valence electrons. The zero-order valence-electron chi connectivity index (χ0n) is 15.2. The molecule has 0 radical (unpaired) electrons. The number of hydrogen-bond acceptors (Lipinski definition) is 4. The lowest BCUT2D eigenvalue weighted by molar-refractivity contribution is 0.0765. The summed E-state index contributed by atoms with van der Waals surface area (Å²) < 4.78 is 0.580. The van der Waals surface area contributed by atoms with Gasteiger partial charge in [0.15, 0.2) is 0 Å². The van der Waals surface area contributed by atoms with Crippen molar-refractivity contribution < 1.29 is 9.59 Å². The Morgan fingerprint density at radius 1 is 1.33 bits per heavy atom. The van der Waals surface area contributed by atoms with Crippen molar-refractivity contribution in [2.24, 2.45) is 0 Å². The molecule has 4 rings (SSSR count). The van der Waals surface area contributed by atoms with Gasteiger partial charge in [0, 0.05) is 35.9 Å². The second-order valence-corrected chi connectivity index (χ2v) is 8.90. The molecule has 0 spiro atoms. The topological polar surface area (TPSA) is 52.6 Å². The van der Waals surface area contributed by atoms with Crippen molar-refractivity contribution in [3.8, 4) is 0 Å². The number of nitrogens with one attached hydrogen (secondary N) is 1. The van der Waals surface area contributed by atoms with Gasteiger partial charge in [0.2, 0.25) is 0 Å². The van der Waals surface area contributed by atoms with E-state index in [9.17, 15) is 9.59 Å². The van der Waals surface area contributed by atoms with Crippen LogP contribution in [-0.4, -0.2) is 47.8 Å². The first-order valence-electron chi connectivity index (χ1n) is 9.21. The van der Waals surface area contributed by atoms with E-state index in [4.69, 9.17) is 11.6 Å². The van der Waals surface area contributed by atoms with Crippen LogP contribution < -0.4 is 5.32 Å². The summed E-state index contributed by atoms with van der Waals surface area (Å²) in [6.45, 7) is 2.43. The molecule has 1 aromatic heterocycles. The zero-order valence-corrected chi connectivity index (χ0v) is 16.8. The quantitative estimate of drug-likeness (QED) is 0.817. The minimum Gasteiger partial charge on any atom is -0.334 e. The van der Waals surface area contributed by atoms with Gasteiger partial charge in [-0.25, -0.2) is 0 Å². The highest BCUT2D eigenvalue weighted by Crippen LogP contribution is 2.31. The molecule has 5 nitrogen and oxygen atoms in total. The Balaban J connectivity index is 1.46. The van der Waals surface area contributed by atoms with E-state index in [0.717, 1.165) is 25.1 Å². The number of likely N-dealkylation sites (tertiary alicyclic amines) is 1. The first-order chi connectivity index (χ1) is 13.0. The first kappa shape index (κ1) is 18.5. The Morgan fingerprint density at radius 2 is 2.19 bits per heavy atom. The fourth-order valence-corrected chi connectivity index (χ4v) is 4.90. The molecule has 7 heteroatoms. The van der Waals surface area contributed by atoms with Crippen molar-refractivity contribution in [3.05, 3.63) is 50.7 Å². The highest BCUT2D eigenvalue weighted by atomic mass is 35.5. The third kappa shape index (κ3) is 3.74. The molecule has 27 heavy (non-hydrogen) atoms. The Bertz CT molecular complexity index is 882. The average Bonchev–Trinajstić information content (AvgIpc) is 3.34. The number of benzene rings is 1. The van der Waals surface area contributed by atoms with Crippen LogP contribution in [0.3, 0.4) is 0 Å². The predicted molar refractivity (Wildman–Crippen MR) is 109 cm³/mol. The highest BCUT2D eigenvalue weighted by molar-refractivity contribution is 7.18. The zero-order chi connectivity index (χ0) is 19.0. The second kappa shape index (κ2) is 7.62. The summed E-state index contributed by atoms with van der Waals surface area (Å²) in [4.78, 5) is 30.1. The van der Waals surface area contributed by atoms with Crippen LogP contribution in [0.1, 0.15) is 44.9 Å². The van der Waals surface area contributed by atoms with E-state index < -0.39 is 0 Å². The highest BCUT2D eigenvalue weighted by Gasteiger charge is 2.31. The molecule has 2 aliphatic heterocycles. The lowest BCUT2D eigenvalue weighted by atomic mass is 10.1. The van der Waals surface area contributed by atoms with E-state index in [1.807, 2.05) is 23.1 Å². The number of carbonyl (C=O) groups excluding carboxylic acids is 2. The third-order valence-corrected chi connectivity index (χ3v) is 6.72. The van der Waals surface area contributed by atoms with Gasteiger partial charge in [-0.1, -0.05) is 17.7 Å². The maximum Gasteiger partial charge on any atom is 0.265 e. The van der Waals surface area contributed by atoms with Crippen molar-refractivity contribution in [1.82, 2.24) is 9.80 Å². The summed E-state index contributed by atoms with van der Waals surface area (Å²) in [7, 11) is 2.16. The summed E-state index contributed by atoms with van der Waals surface area (Å²) in [6.07, 6.45) is 3.43. The molecular weight excluding hydrogens is 382 g/mol. The number of halogens is 1. The van der Waals surface area contributed by atoms with Gasteiger partial charge in [-0.05, 0) is 57.1 Å². The molecule has 1 unspecified atom stereocenters. The molecule has 1 atom stereocenters. The van der Waals surface area contributed by atoms with Crippen LogP contribution in [-0.2, 0) is 6.54 Å². The molecule has 1 aromatic carbocycles. The molecule has 1 N–H and O–H groups in total. The Morgan fingerprint density at radius 3 is 2.89 bits per heavy atom.